The van der Waals surface area contributed by atoms with Crippen molar-refractivity contribution in [2.75, 3.05) is 6.61 Å². The van der Waals surface area contributed by atoms with Gasteiger partial charge in [-0.15, -0.1) is 0 Å². The molecule has 2 saturated carbocycles. The van der Waals surface area contributed by atoms with Crippen LogP contribution in [0.5, 0.6) is 11.5 Å². The molecule has 2 aliphatic carbocycles. The summed E-state index contributed by atoms with van der Waals surface area (Å²) in [6.07, 6.45) is 4.23. The highest BCUT2D eigenvalue weighted by Gasteiger charge is 2.53. The van der Waals surface area contributed by atoms with E-state index in [1.54, 1.807) is 6.92 Å². The van der Waals surface area contributed by atoms with Crippen molar-refractivity contribution >= 4 is 5.91 Å². The Balaban J connectivity index is 1.42. The van der Waals surface area contributed by atoms with E-state index in [2.05, 4.69) is 24.4 Å². The lowest BCUT2D eigenvalue weighted by molar-refractivity contribution is -0.123. The van der Waals surface area contributed by atoms with Gasteiger partial charge in [-0.2, -0.15) is 0 Å². The number of carbonyl (C=O) groups excluding carboxylic acids is 1. The lowest BCUT2D eigenvalue weighted by Gasteiger charge is -2.36. The van der Waals surface area contributed by atoms with Crippen LogP contribution in [-0.2, 0) is 10.2 Å². The maximum Gasteiger partial charge on any atom is 0.236 e. The number of rotatable bonds is 4. The molecule has 5 heteroatoms. The fourth-order valence-corrected chi connectivity index (χ4v) is 3.57. The van der Waals surface area contributed by atoms with Gasteiger partial charge < -0.3 is 20.5 Å². The minimum atomic E-state index is -0.456. The first-order valence-electron chi connectivity index (χ1n) is 8.48. The SMILES string of the molecule is Cc1ccc(O[C@H]2C[C@H](NC(=O)[C@H](C)N)C2)c2c1OCC21CC1. The summed E-state index contributed by atoms with van der Waals surface area (Å²) in [6, 6.07) is 3.88. The Kier molecular flexibility index (Phi) is 3.30. The van der Waals surface area contributed by atoms with Crippen molar-refractivity contribution in [3.8, 4) is 11.5 Å². The number of aryl methyl sites for hydroxylation is 1. The zero-order valence-electron chi connectivity index (χ0n) is 13.7. The molecule has 0 radical (unpaired) electrons. The van der Waals surface area contributed by atoms with Gasteiger partial charge in [0.2, 0.25) is 5.91 Å². The quantitative estimate of drug-likeness (QED) is 0.888. The van der Waals surface area contributed by atoms with Crippen LogP contribution in [-0.4, -0.2) is 30.7 Å². The Morgan fingerprint density at radius 1 is 1.43 bits per heavy atom. The van der Waals surface area contributed by atoms with Crippen molar-refractivity contribution in [3.05, 3.63) is 23.3 Å². The largest absolute Gasteiger partial charge is 0.492 e. The third-order valence-electron chi connectivity index (χ3n) is 5.34. The molecule has 1 heterocycles. The van der Waals surface area contributed by atoms with E-state index < -0.39 is 6.04 Å². The van der Waals surface area contributed by atoms with Gasteiger partial charge in [-0.25, -0.2) is 0 Å². The van der Waals surface area contributed by atoms with Crippen molar-refractivity contribution in [3.63, 3.8) is 0 Å². The Hall–Kier alpha value is -1.75. The van der Waals surface area contributed by atoms with Crippen LogP contribution < -0.4 is 20.5 Å². The number of nitrogens with one attached hydrogen (secondary N) is 1. The van der Waals surface area contributed by atoms with E-state index >= 15 is 0 Å². The van der Waals surface area contributed by atoms with Crippen LogP contribution in [0, 0.1) is 6.92 Å². The van der Waals surface area contributed by atoms with Crippen molar-refractivity contribution in [1.82, 2.24) is 5.32 Å². The summed E-state index contributed by atoms with van der Waals surface area (Å²) in [5.74, 6) is 1.92. The molecular formula is C18H24N2O3. The van der Waals surface area contributed by atoms with Crippen molar-refractivity contribution in [2.45, 2.75) is 63.1 Å². The fraction of sp³-hybridized carbons (Fsp3) is 0.611. The second-order valence-corrected chi connectivity index (χ2v) is 7.36. The number of hydrogen-bond acceptors (Lipinski definition) is 4. The second-order valence-electron chi connectivity index (χ2n) is 7.36. The molecule has 1 aliphatic heterocycles. The maximum atomic E-state index is 11.6. The summed E-state index contributed by atoms with van der Waals surface area (Å²) in [5, 5.41) is 2.95. The number of fused-ring (bicyclic) bond motifs is 2. The van der Waals surface area contributed by atoms with E-state index in [0.29, 0.717) is 0 Å². The number of ether oxygens (including phenoxy) is 2. The predicted octanol–water partition coefficient (Wildman–Crippen LogP) is 1.79. The average molecular weight is 316 g/mol. The van der Waals surface area contributed by atoms with Crippen LogP contribution in [0.2, 0.25) is 0 Å². The Morgan fingerprint density at radius 2 is 2.17 bits per heavy atom. The third-order valence-corrected chi connectivity index (χ3v) is 5.34. The van der Waals surface area contributed by atoms with Crippen LogP contribution in [0.3, 0.4) is 0 Å². The van der Waals surface area contributed by atoms with Crippen LogP contribution >= 0.6 is 0 Å². The molecule has 5 nitrogen and oxygen atoms in total. The van der Waals surface area contributed by atoms with E-state index in [1.807, 2.05) is 0 Å². The van der Waals surface area contributed by atoms with Gasteiger partial charge in [-0.3, -0.25) is 4.79 Å². The summed E-state index contributed by atoms with van der Waals surface area (Å²) in [4.78, 5) is 11.6. The number of nitrogens with two attached hydrogens (primary N) is 1. The second kappa shape index (κ2) is 5.13. The molecule has 1 spiro atoms. The summed E-state index contributed by atoms with van der Waals surface area (Å²) < 4.78 is 12.2. The highest BCUT2D eigenvalue weighted by atomic mass is 16.5. The maximum absolute atomic E-state index is 11.6. The Labute approximate surface area is 136 Å². The zero-order valence-corrected chi connectivity index (χ0v) is 13.7. The summed E-state index contributed by atoms with van der Waals surface area (Å²) >= 11 is 0. The van der Waals surface area contributed by atoms with Gasteiger partial charge in [-0.05, 0) is 38.3 Å². The fourth-order valence-electron chi connectivity index (χ4n) is 3.57. The van der Waals surface area contributed by atoms with Crippen LogP contribution in [0.4, 0.5) is 0 Å². The molecule has 2 fully saturated rings. The molecule has 1 aromatic rings. The number of amides is 1. The lowest BCUT2D eigenvalue weighted by atomic mass is 9.88. The first kappa shape index (κ1) is 14.8. The molecule has 0 saturated heterocycles. The molecule has 23 heavy (non-hydrogen) atoms. The minimum Gasteiger partial charge on any atom is -0.492 e. The Morgan fingerprint density at radius 3 is 2.83 bits per heavy atom. The van der Waals surface area contributed by atoms with Gasteiger partial charge in [0.1, 0.15) is 17.6 Å². The summed E-state index contributed by atoms with van der Waals surface area (Å²) in [5.41, 5.74) is 8.25. The monoisotopic (exact) mass is 316 g/mol. The van der Waals surface area contributed by atoms with Crippen molar-refractivity contribution < 1.29 is 14.3 Å². The third kappa shape index (κ3) is 2.47. The van der Waals surface area contributed by atoms with Crippen LogP contribution in [0.15, 0.2) is 12.1 Å². The molecule has 4 rings (SSSR count). The smallest absolute Gasteiger partial charge is 0.236 e. The van der Waals surface area contributed by atoms with E-state index in [0.717, 1.165) is 30.9 Å². The van der Waals surface area contributed by atoms with Gasteiger partial charge in [0.15, 0.2) is 0 Å². The number of benzene rings is 1. The van der Waals surface area contributed by atoms with E-state index in [4.69, 9.17) is 15.2 Å². The lowest BCUT2D eigenvalue weighted by Crippen LogP contribution is -2.52. The molecule has 124 valence electrons. The number of hydrogen-bond donors (Lipinski definition) is 2. The molecule has 0 aromatic heterocycles. The van der Waals surface area contributed by atoms with Crippen LogP contribution in [0.1, 0.15) is 43.7 Å². The minimum absolute atomic E-state index is 0.0880. The Bertz CT molecular complexity index is 646. The molecule has 3 N–H and O–H groups in total. The van der Waals surface area contributed by atoms with Crippen molar-refractivity contribution in [2.24, 2.45) is 5.73 Å². The average Bonchev–Trinajstić information content (AvgIpc) is 3.14. The highest BCUT2D eigenvalue weighted by molar-refractivity contribution is 5.81. The van der Waals surface area contributed by atoms with E-state index in [-0.39, 0.29) is 23.5 Å². The highest BCUT2D eigenvalue weighted by Crippen LogP contribution is 2.59. The number of carbonyl (C=O) groups is 1. The van der Waals surface area contributed by atoms with Gasteiger partial charge in [-0.1, -0.05) is 6.07 Å². The predicted molar refractivity (Wildman–Crippen MR) is 86.8 cm³/mol. The molecule has 3 aliphatic rings. The summed E-state index contributed by atoms with van der Waals surface area (Å²) in [7, 11) is 0. The molecule has 1 amide bonds. The molecule has 0 bridgehead atoms. The molecule has 1 aromatic carbocycles. The summed E-state index contributed by atoms with van der Waals surface area (Å²) in [6.45, 7) is 4.58. The zero-order chi connectivity index (χ0) is 16.2. The van der Waals surface area contributed by atoms with Gasteiger partial charge >= 0.3 is 0 Å². The molecule has 1 atom stereocenters. The van der Waals surface area contributed by atoms with Gasteiger partial charge in [0.25, 0.3) is 0 Å². The topological polar surface area (TPSA) is 73.6 Å². The van der Waals surface area contributed by atoms with Crippen molar-refractivity contribution in [1.29, 1.82) is 0 Å². The normalized spacial score (nSPS) is 27.6. The van der Waals surface area contributed by atoms with Crippen LogP contribution in [0.25, 0.3) is 0 Å². The van der Waals surface area contributed by atoms with E-state index in [9.17, 15) is 4.79 Å². The first-order chi connectivity index (χ1) is 11.0. The van der Waals surface area contributed by atoms with Gasteiger partial charge in [0, 0.05) is 29.9 Å². The van der Waals surface area contributed by atoms with E-state index in [1.165, 1.54) is 24.0 Å². The van der Waals surface area contributed by atoms with Gasteiger partial charge in [0.05, 0.1) is 12.6 Å². The standard InChI is InChI=1S/C18H24N2O3/c1-10-3-4-14(15-16(10)22-9-18(15)5-6-18)23-13-7-12(8-13)20-17(21)11(2)19/h3-4,11-13H,5-9,19H2,1-2H3,(H,20,21)/t11-,12-,13-/m0/s1. The molecule has 0 unspecified atom stereocenters. The first-order valence-corrected chi connectivity index (χ1v) is 8.48. The molecular weight excluding hydrogens is 292 g/mol.